The number of rotatable bonds is 6. The number of carbonyl (C=O) groups is 2. The smallest absolute Gasteiger partial charge is 0.293 e. The zero-order valence-corrected chi connectivity index (χ0v) is 20.5. The molecule has 1 heterocycles. The number of carbonyl (C=O) groups excluding carboxylic acids is 2. The highest BCUT2D eigenvalue weighted by atomic mass is 32.2. The third-order valence-corrected chi connectivity index (χ3v) is 9.21. The molecule has 4 nitrogen and oxygen atoms in total. The molecule has 0 N–H and O–H groups in total. The lowest BCUT2D eigenvalue weighted by molar-refractivity contribution is -0.123. The largest absolute Gasteiger partial charge is 0.493 e. The van der Waals surface area contributed by atoms with Crippen molar-refractivity contribution >= 4 is 29.0 Å². The normalized spacial score (nSPS) is 31.0. The molecule has 0 radical (unpaired) electrons. The maximum Gasteiger partial charge on any atom is 0.293 e. The molecule has 34 heavy (non-hydrogen) atoms. The van der Waals surface area contributed by atoms with Crippen molar-refractivity contribution in [3.8, 4) is 5.75 Å². The molecule has 0 unspecified atom stereocenters. The maximum absolute atomic E-state index is 13.2. The Morgan fingerprint density at radius 2 is 1.68 bits per heavy atom. The molecule has 4 aliphatic carbocycles. The molecule has 0 atom stereocenters. The molecular weight excluding hydrogens is 442 g/mol. The molecule has 1 saturated heterocycles. The van der Waals surface area contributed by atoms with Crippen LogP contribution in [0.1, 0.15) is 62.1 Å². The zero-order chi connectivity index (χ0) is 23.3. The van der Waals surface area contributed by atoms with Gasteiger partial charge in [0.05, 0.1) is 18.1 Å². The van der Waals surface area contributed by atoms with Crippen molar-refractivity contribution < 1.29 is 14.3 Å². The summed E-state index contributed by atoms with van der Waals surface area (Å²) in [6.45, 7) is 2.84. The van der Waals surface area contributed by atoms with Gasteiger partial charge in [-0.25, -0.2) is 0 Å². The van der Waals surface area contributed by atoms with Gasteiger partial charge >= 0.3 is 0 Å². The van der Waals surface area contributed by atoms with Crippen LogP contribution in [0, 0.1) is 17.8 Å². The molecule has 5 fully saturated rings. The first-order valence-corrected chi connectivity index (χ1v) is 13.4. The molecular formula is C29H31NO3S. The third kappa shape index (κ3) is 3.88. The Morgan fingerprint density at radius 3 is 2.32 bits per heavy atom. The summed E-state index contributed by atoms with van der Waals surface area (Å²) in [5, 5.41) is -0.213. The summed E-state index contributed by atoms with van der Waals surface area (Å²) in [5.41, 5.74) is 3.53. The summed E-state index contributed by atoms with van der Waals surface area (Å²) < 4.78 is 5.94. The van der Waals surface area contributed by atoms with Crippen molar-refractivity contribution in [3.63, 3.8) is 0 Å². The molecule has 0 spiro atoms. The van der Waals surface area contributed by atoms with Gasteiger partial charge in [0.1, 0.15) is 5.75 Å². The minimum Gasteiger partial charge on any atom is -0.493 e. The Bertz CT molecular complexity index is 1120. The Hall–Kier alpha value is -2.53. The minimum atomic E-state index is -0.221. The van der Waals surface area contributed by atoms with Gasteiger partial charge in [-0.05, 0) is 110 Å². The van der Waals surface area contributed by atoms with Crippen LogP contribution < -0.4 is 4.74 Å². The molecule has 2 aromatic rings. The fraction of sp³-hybridized carbons (Fsp3) is 0.448. The van der Waals surface area contributed by atoms with Crippen LogP contribution in [0.25, 0.3) is 6.08 Å². The van der Waals surface area contributed by atoms with Gasteiger partial charge in [-0.3, -0.25) is 14.5 Å². The van der Waals surface area contributed by atoms with Crippen LogP contribution in [0.3, 0.4) is 0 Å². The van der Waals surface area contributed by atoms with Gasteiger partial charge in [-0.1, -0.05) is 36.4 Å². The molecule has 5 heteroatoms. The van der Waals surface area contributed by atoms with Crippen LogP contribution in [0.2, 0.25) is 0 Å². The first-order valence-electron chi connectivity index (χ1n) is 12.6. The number of nitrogens with zero attached hydrogens (tertiary/aromatic N) is 1. The maximum atomic E-state index is 13.2. The molecule has 1 aliphatic heterocycles. The number of hydrogen-bond acceptors (Lipinski definition) is 4. The predicted molar refractivity (Wildman–Crippen MR) is 135 cm³/mol. The standard InChI is InChI=1S/C29H31NO3S/c1-2-33-25-9-8-24(29-15-20-10-21(16-29)12-22(11-20)17-29)13-23(25)14-26-27(31)30(28(32)34-26)18-19-6-4-3-5-7-19/h3-9,13-14,20-22H,2,10-12,15-18H2,1H3/b26-14-. The van der Waals surface area contributed by atoms with Crippen LogP contribution in [0.15, 0.2) is 53.4 Å². The van der Waals surface area contributed by atoms with E-state index >= 15 is 0 Å². The van der Waals surface area contributed by atoms with E-state index < -0.39 is 0 Å². The molecule has 176 valence electrons. The summed E-state index contributed by atoms with van der Waals surface area (Å²) in [7, 11) is 0. The van der Waals surface area contributed by atoms with Gasteiger partial charge in [0, 0.05) is 5.56 Å². The van der Waals surface area contributed by atoms with E-state index in [1.54, 1.807) is 0 Å². The van der Waals surface area contributed by atoms with Crippen LogP contribution in [-0.4, -0.2) is 22.7 Å². The molecule has 5 aliphatic rings. The van der Waals surface area contributed by atoms with E-state index in [0.29, 0.717) is 18.1 Å². The summed E-state index contributed by atoms with van der Waals surface area (Å²) in [4.78, 5) is 27.7. The molecule has 4 saturated carbocycles. The highest BCUT2D eigenvalue weighted by Crippen LogP contribution is 2.61. The number of ether oxygens (including phenoxy) is 1. The molecule has 4 bridgehead atoms. The Kier molecular flexibility index (Phi) is 5.56. The second-order valence-corrected chi connectivity index (χ2v) is 11.6. The Labute approximate surface area is 205 Å². The molecule has 0 aromatic heterocycles. The average molecular weight is 474 g/mol. The van der Waals surface area contributed by atoms with Crippen molar-refractivity contribution in [2.24, 2.45) is 17.8 Å². The van der Waals surface area contributed by atoms with Crippen LogP contribution >= 0.6 is 11.8 Å². The van der Waals surface area contributed by atoms with Crippen molar-refractivity contribution in [2.75, 3.05) is 6.61 Å². The molecule has 7 rings (SSSR count). The lowest BCUT2D eigenvalue weighted by atomic mass is 9.48. The van der Waals surface area contributed by atoms with E-state index in [2.05, 4.69) is 18.2 Å². The van der Waals surface area contributed by atoms with Gasteiger partial charge in [-0.15, -0.1) is 0 Å². The van der Waals surface area contributed by atoms with Gasteiger partial charge < -0.3 is 4.74 Å². The van der Waals surface area contributed by atoms with Crippen molar-refractivity contribution in [1.82, 2.24) is 4.90 Å². The van der Waals surface area contributed by atoms with Crippen molar-refractivity contribution in [1.29, 1.82) is 0 Å². The highest BCUT2D eigenvalue weighted by Gasteiger charge is 2.51. The minimum absolute atomic E-state index is 0.213. The number of thioether (sulfide) groups is 1. The van der Waals surface area contributed by atoms with E-state index in [4.69, 9.17) is 4.74 Å². The SMILES string of the molecule is CCOc1ccc(C23CC4CC(CC(C4)C2)C3)cc1/C=C1\SC(=O)N(Cc2ccccc2)C1=O. The molecule has 2 amide bonds. The van der Waals surface area contributed by atoms with E-state index in [0.717, 1.165) is 46.4 Å². The van der Waals surface area contributed by atoms with E-state index in [1.165, 1.54) is 49.0 Å². The van der Waals surface area contributed by atoms with Crippen molar-refractivity contribution in [2.45, 2.75) is 57.4 Å². The quantitative estimate of drug-likeness (QED) is 0.433. The lowest BCUT2D eigenvalue weighted by Crippen LogP contribution is -2.48. The van der Waals surface area contributed by atoms with E-state index in [9.17, 15) is 9.59 Å². The second kappa shape index (κ2) is 8.60. The van der Waals surface area contributed by atoms with Gasteiger partial charge in [-0.2, -0.15) is 0 Å². The summed E-state index contributed by atoms with van der Waals surface area (Å²) in [5.74, 6) is 3.18. The highest BCUT2D eigenvalue weighted by molar-refractivity contribution is 8.18. The fourth-order valence-corrected chi connectivity index (χ4v) is 8.11. The van der Waals surface area contributed by atoms with Crippen LogP contribution in [0.5, 0.6) is 5.75 Å². The average Bonchev–Trinajstić information content (AvgIpc) is 3.07. The van der Waals surface area contributed by atoms with Crippen molar-refractivity contribution in [3.05, 3.63) is 70.1 Å². The summed E-state index contributed by atoms with van der Waals surface area (Å²) in [6.07, 6.45) is 10.00. The summed E-state index contributed by atoms with van der Waals surface area (Å²) in [6, 6.07) is 16.3. The molecule has 2 aromatic carbocycles. The van der Waals surface area contributed by atoms with Crippen LogP contribution in [-0.2, 0) is 16.8 Å². The number of benzene rings is 2. The second-order valence-electron chi connectivity index (χ2n) is 10.6. The number of amides is 2. The van der Waals surface area contributed by atoms with Gasteiger partial charge in [0.25, 0.3) is 11.1 Å². The Balaban J connectivity index is 1.32. The van der Waals surface area contributed by atoms with E-state index in [-0.39, 0.29) is 16.6 Å². The number of hydrogen-bond donors (Lipinski definition) is 0. The number of imide groups is 1. The monoisotopic (exact) mass is 473 g/mol. The van der Waals surface area contributed by atoms with Gasteiger partial charge in [0.2, 0.25) is 0 Å². The lowest BCUT2D eigenvalue weighted by Gasteiger charge is -2.57. The van der Waals surface area contributed by atoms with Crippen LogP contribution in [0.4, 0.5) is 4.79 Å². The zero-order valence-electron chi connectivity index (χ0n) is 19.7. The topological polar surface area (TPSA) is 46.6 Å². The van der Waals surface area contributed by atoms with Gasteiger partial charge in [0.15, 0.2) is 0 Å². The predicted octanol–water partition coefficient (Wildman–Crippen LogP) is 6.79. The Morgan fingerprint density at radius 1 is 1.00 bits per heavy atom. The van der Waals surface area contributed by atoms with E-state index in [1.807, 2.05) is 43.3 Å². The first-order chi connectivity index (χ1) is 16.5. The third-order valence-electron chi connectivity index (χ3n) is 8.30. The first kappa shape index (κ1) is 22.0. The summed E-state index contributed by atoms with van der Waals surface area (Å²) >= 11 is 1.03. The fourth-order valence-electron chi connectivity index (χ4n) is 7.29.